The van der Waals surface area contributed by atoms with Crippen molar-refractivity contribution in [1.29, 1.82) is 0 Å². The summed E-state index contributed by atoms with van der Waals surface area (Å²) < 4.78 is 7.15. The second-order valence-electron chi connectivity index (χ2n) is 7.76. The van der Waals surface area contributed by atoms with Crippen molar-refractivity contribution in [3.05, 3.63) is 108 Å². The number of fused-ring (bicyclic) bond motifs is 1. The average Bonchev–Trinajstić information content (AvgIpc) is 3.32. The van der Waals surface area contributed by atoms with Gasteiger partial charge < -0.3 is 10.1 Å². The van der Waals surface area contributed by atoms with Crippen LogP contribution in [0.2, 0.25) is 0 Å². The molecule has 0 spiro atoms. The molecule has 1 amide bonds. The largest absolute Gasteiger partial charge is 0.457 e. The first-order valence-corrected chi connectivity index (χ1v) is 11.6. The van der Waals surface area contributed by atoms with Gasteiger partial charge in [-0.05, 0) is 55.0 Å². The van der Waals surface area contributed by atoms with E-state index >= 15 is 0 Å². The third-order valence-electron chi connectivity index (χ3n) is 5.43. The molecule has 0 aliphatic heterocycles. The van der Waals surface area contributed by atoms with Gasteiger partial charge in [-0.3, -0.25) is 14.2 Å². The summed E-state index contributed by atoms with van der Waals surface area (Å²) in [5, 5.41) is 3.37. The van der Waals surface area contributed by atoms with Crippen LogP contribution in [-0.2, 0) is 4.79 Å². The van der Waals surface area contributed by atoms with Gasteiger partial charge in [-0.15, -0.1) is 11.3 Å². The highest BCUT2D eigenvalue weighted by Gasteiger charge is 2.19. The number of rotatable bonds is 6. The molecule has 1 N–H and O–H groups in total. The van der Waals surface area contributed by atoms with Gasteiger partial charge in [-0.2, -0.15) is 0 Å². The van der Waals surface area contributed by atoms with Crippen molar-refractivity contribution < 1.29 is 9.53 Å². The zero-order valence-corrected chi connectivity index (χ0v) is 19.2. The Morgan fingerprint density at radius 2 is 1.59 bits per heavy atom. The summed E-state index contributed by atoms with van der Waals surface area (Å²) in [6, 6.07) is 27.5. The van der Waals surface area contributed by atoms with Crippen molar-refractivity contribution in [2.45, 2.75) is 13.0 Å². The maximum absolute atomic E-state index is 13.1. The van der Waals surface area contributed by atoms with E-state index in [0.29, 0.717) is 21.7 Å². The molecule has 0 saturated carbocycles. The monoisotopic (exact) mass is 467 g/mol. The molecule has 2 aromatic heterocycles. The summed E-state index contributed by atoms with van der Waals surface area (Å²) >= 11 is 1.46. The summed E-state index contributed by atoms with van der Waals surface area (Å²) in [4.78, 5) is 32.1. The van der Waals surface area contributed by atoms with Crippen LogP contribution in [0.25, 0.3) is 20.7 Å². The van der Waals surface area contributed by atoms with E-state index in [1.54, 1.807) is 31.2 Å². The molecule has 0 saturated heterocycles. The van der Waals surface area contributed by atoms with Gasteiger partial charge in [0.25, 0.3) is 5.56 Å². The summed E-state index contributed by atoms with van der Waals surface area (Å²) in [7, 11) is 0. The van der Waals surface area contributed by atoms with E-state index in [9.17, 15) is 9.59 Å². The standard InChI is InChI=1S/C27H21N3O3S/c1-18(25(31)29-20-12-14-22(15-13-20)33-21-10-6-3-7-11-21)30-17-28-26-23(27(30)32)16-24(34-26)19-8-4-2-5-9-19/h2-18H,1H3,(H,29,31). The van der Waals surface area contributed by atoms with Crippen molar-refractivity contribution in [2.75, 3.05) is 5.32 Å². The number of aromatic nitrogens is 2. The van der Waals surface area contributed by atoms with Crippen LogP contribution < -0.4 is 15.6 Å². The number of ether oxygens (including phenoxy) is 1. The Morgan fingerprint density at radius 1 is 0.941 bits per heavy atom. The lowest BCUT2D eigenvalue weighted by Crippen LogP contribution is -2.31. The Morgan fingerprint density at radius 3 is 2.29 bits per heavy atom. The predicted octanol–water partition coefficient (Wildman–Crippen LogP) is 6.12. The van der Waals surface area contributed by atoms with Crippen molar-refractivity contribution in [3.63, 3.8) is 0 Å². The van der Waals surface area contributed by atoms with Crippen LogP contribution in [0.15, 0.2) is 102 Å². The van der Waals surface area contributed by atoms with E-state index in [4.69, 9.17) is 4.74 Å². The van der Waals surface area contributed by atoms with Crippen molar-refractivity contribution >= 4 is 33.1 Å². The number of nitrogens with zero attached hydrogens (tertiary/aromatic N) is 2. The molecule has 0 aliphatic carbocycles. The molecule has 0 bridgehead atoms. The minimum absolute atomic E-state index is 0.238. The Hall–Kier alpha value is -4.23. The molecule has 34 heavy (non-hydrogen) atoms. The SMILES string of the molecule is CC(C(=O)Nc1ccc(Oc2ccccc2)cc1)n1cnc2sc(-c3ccccc3)cc2c1=O. The third kappa shape index (κ3) is 4.46. The van der Waals surface area contributed by atoms with Gasteiger partial charge in [-0.25, -0.2) is 4.98 Å². The van der Waals surface area contributed by atoms with Gasteiger partial charge in [0.1, 0.15) is 22.4 Å². The molecule has 7 heteroatoms. The van der Waals surface area contributed by atoms with E-state index in [1.165, 1.54) is 22.2 Å². The maximum Gasteiger partial charge on any atom is 0.262 e. The van der Waals surface area contributed by atoms with Gasteiger partial charge in [0.15, 0.2) is 0 Å². The first kappa shape index (κ1) is 21.6. The lowest BCUT2D eigenvalue weighted by Gasteiger charge is -2.15. The fourth-order valence-corrected chi connectivity index (χ4v) is 4.56. The number of hydrogen-bond acceptors (Lipinski definition) is 5. The van der Waals surface area contributed by atoms with Gasteiger partial charge in [0.05, 0.1) is 11.7 Å². The minimum Gasteiger partial charge on any atom is -0.457 e. The van der Waals surface area contributed by atoms with Crippen LogP contribution in [0.4, 0.5) is 5.69 Å². The van der Waals surface area contributed by atoms with Gasteiger partial charge in [0, 0.05) is 10.6 Å². The first-order valence-electron chi connectivity index (χ1n) is 10.8. The topological polar surface area (TPSA) is 73.2 Å². The van der Waals surface area contributed by atoms with Crippen molar-refractivity contribution in [1.82, 2.24) is 9.55 Å². The van der Waals surface area contributed by atoms with E-state index < -0.39 is 6.04 Å². The fourth-order valence-electron chi connectivity index (χ4n) is 3.56. The molecule has 3 aromatic carbocycles. The molecule has 6 nitrogen and oxygen atoms in total. The van der Waals surface area contributed by atoms with Gasteiger partial charge in [0.2, 0.25) is 5.91 Å². The molecule has 5 rings (SSSR count). The van der Waals surface area contributed by atoms with Crippen molar-refractivity contribution in [3.8, 4) is 21.9 Å². The molecule has 0 fully saturated rings. The molecule has 2 heterocycles. The quantitative estimate of drug-likeness (QED) is 0.327. The number of amides is 1. The number of hydrogen-bond donors (Lipinski definition) is 1. The van der Waals surface area contributed by atoms with E-state index in [-0.39, 0.29) is 11.5 Å². The number of nitrogens with one attached hydrogen (secondary N) is 1. The molecule has 0 aliphatic rings. The number of carbonyl (C=O) groups excluding carboxylic acids is 1. The lowest BCUT2D eigenvalue weighted by atomic mass is 10.2. The second-order valence-corrected chi connectivity index (χ2v) is 8.79. The normalized spacial score (nSPS) is 11.8. The van der Waals surface area contributed by atoms with Crippen LogP contribution in [0.3, 0.4) is 0 Å². The summed E-state index contributed by atoms with van der Waals surface area (Å²) in [5.41, 5.74) is 1.40. The van der Waals surface area contributed by atoms with Gasteiger partial charge >= 0.3 is 0 Å². The van der Waals surface area contributed by atoms with Gasteiger partial charge in [-0.1, -0.05) is 48.5 Å². The predicted molar refractivity (Wildman–Crippen MR) is 136 cm³/mol. The minimum atomic E-state index is -0.732. The zero-order chi connectivity index (χ0) is 23.5. The van der Waals surface area contributed by atoms with Crippen LogP contribution in [0, 0.1) is 0 Å². The Labute approximate surface area is 200 Å². The molecule has 1 atom stereocenters. The number of carbonyl (C=O) groups is 1. The molecule has 168 valence electrons. The molecular formula is C27H21N3O3S. The van der Waals surface area contributed by atoms with Crippen LogP contribution >= 0.6 is 11.3 Å². The van der Waals surface area contributed by atoms with Crippen LogP contribution in [0.1, 0.15) is 13.0 Å². The number of benzene rings is 3. The zero-order valence-electron chi connectivity index (χ0n) is 18.3. The first-order chi connectivity index (χ1) is 16.6. The third-order valence-corrected chi connectivity index (χ3v) is 6.52. The lowest BCUT2D eigenvalue weighted by molar-refractivity contribution is -0.118. The Balaban J connectivity index is 1.32. The number of anilines is 1. The van der Waals surface area contributed by atoms with E-state index in [2.05, 4.69) is 10.3 Å². The summed E-state index contributed by atoms with van der Waals surface area (Å²) in [6.07, 6.45) is 1.44. The van der Waals surface area contributed by atoms with E-state index in [0.717, 1.165) is 16.2 Å². The highest BCUT2D eigenvalue weighted by molar-refractivity contribution is 7.21. The number of thiophene rings is 1. The molecule has 0 radical (unpaired) electrons. The number of para-hydroxylation sites is 1. The smallest absolute Gasteiger partial charge is 0.262 e. The average molecular weight is 468 g/mol. The van der Waals surface area contributed by atoms with E-state index in [1.807, 2.05) is 66.7 Å². The second kappa shape index (κ2) is 9.33. The maximum atomic E-state index is 13.1. The summed E-state index contributed by atoms with van der Waals surface area (Å²) in [6.45, 7) is 1.68. The highest BCUT2D eigenvalue weighted by Crippen LogP contribution is 2.31. The Bertz CT molecular complexity index is 1490. The summed E-state index contributed by atoms with van der Waals surface area (Å²) in [5.74, 6) is 1.09. The molecular weight excluding hydrogens is 446 g/mol. The Kier molecular flexibility index (Phi) is 5.93. The van der Waals surface area contributed by atoms with Crippen LogP contribution in [-0.4, -0.2) is 15.5 Å². The van der Waals surface area contributed by atoms with Crippen molar-refractivity contribution in [2.24, 2.45) is 0 Å². The fraction of sp³-hybridized carbons (Fsp3) is 0.0741. The van der Waals surface area contributed by atoms with Crippen LogP contribution in [0.5, 0.6) is 11.5 Å². The highest BCUT2D eigenvalue weighted by atomic mass is 32.1. The molecule has 5 aromatic rings. The molecule has 1 unspecified atom stereocenters.